The topological polar surface area (TPSA) is 512 Å². The van der Waals surface area contributed by atoms with E-state index in [9.17, 15) is 82.7 Å². The van der Waals surface area contributed by atoms with Crippen LogP contribution in [0.4, 0.5) is 17.6 Å². The first-order chi connectivity index (χ1) is 39.4. The standard InChI is InChI=1S/4C10H13FN2O6S/c4*11-10(3-15)6(17)5(16)8(19-10)13-1-4(2-14)7(20)12-9(13)18/h4*1,5-6,8,14-17H,2-3H2,(H,12,18,20)/t4*5-,6+,8-,10-/m1111/s1/i3D2,8D;8D;3D2;. The average Bonchev–Trinajstić information content (AvgIpc) is 1.75. The van der Waals surface area contributed by atoms with Crippen LogP contribution in [0, 0.1) is 18.6 Å². The van der Waals surface area contributed by atoms with Gasteiger partial charge in [0.05, 0.1) is 34.7 Å². The summed E-state index contributed by atoms with van der Waals surface area (Å²) in [6.45, 7) is -12.2. The lowest BCUT2D eigenvalue weighted by Gasteiger charge is -2.20. The van der Waals surface area contributed by atoms with E-state index in [-0.39, 0.29) is 45.4 Å². The van der Waals surface area contributed by atoms with Crippen molar-refractivity contribution in [1.82, 2.24) is 38.2 Å². The molecule has 4 saturated heterocycles. The molecule has 8 rings (SSSR count). The second-order valence-electron chi connectivity index (χ2n) is 16.8. The normalized spacial score (nSPS) is 36.9. The van der Waals surface area contributed by atoms with Crippen molar-refractivity contribution in [3.63, 3.8) is 0 Å². The molecule has 0 bridgehead atoms. The van der Waals surface area contributed by atoms with Crippen molar-refractivity contribution in [2.75, 3.05) is 26.3 Å². The van der Waals surface area contributed by atoms with Gasteiger partial charge in [0.2, 0.25) is 0 Å². The second-order valence-corrected chi connectivity index (χ2v) is 18.4. The Hall–Kier alpha value is -4.68. The first kappa shape index (κ1) is 57.2. The van der Waals surface area contributed by atoms with Crippen LogP contribution in [0.1, 0.15) is 55.3 Å². The van der Waals surface area contributed by atoms with E-state index in [0.29, 0.717) is 9.13 Å². The Balaban J connectivity index is 0.000000210. The lowest BCUT2D eigenvalue weighted by Crippen LogP contribution is -2.42. The minimum Gasteiger partial charge on any atom is -0.392 e. The molecule has 80 heavy (non-hydrogen) atoms. The number of ether oxygens (including phenoxy) is 4. The fourth-order valence-corrected chi connectivity index (χ4v) is 8.03. The Morgan fingerprint density at radius 3 is 0.938 bits per heavy atom. The van der Waals surface area contributed by atoms with Gasteiger partial charge in [-0.15, -0.1) is 0 Å². The van der Waals surface area contributed by atoms with E-state index in [1.165, 1.54) is 0 Å². The highest BCUT2D eigenvalue weighted by Crippen LogP contribution is 2.40. The van der Waals surface area contributed by atoms with Crippen LogP contribution in [0.15, 0.2) is 44.0 Å². The Morgan fingerprint density at radius 1 is 0.438 bits per heavy atom. The van der Waals surface area contributed by atoms with Crippen LogP contribution in [-0.4, -0.2) is 218 Å². The number of aliphatic hydroxyl groups is 16. The van der Waals surface area contributed by atoms with E-state index < -0.39 is 173 Å². The second kappa shape index (κ2) is 26.3. The zero-order chi connectivity index (χ0) is 65.7. The molecule has 4 aliphatic rings. The van der Waals surface area contributed by atoms with Crippen LogP contribution in [-0.2, 0) is 45.4 Å². The Labute approximate surface area is 469 Å². The van der Waals surface area contributed by atoms with Crippen molar-refractivity contribution in [2.45, 2.75) is 124 Å². The minimum atomic E-state index is -3.88. The van der Waals surface area contributed by atoms with Crippen LogP contribution in [0.25, 0.3) is 0 Å². The number of aliphatic hydroxyl groups excluding tert-OH is 14. The molecule has 4 aromatic rings. The fraction of sp³-hybridized carbons (Fsp3) is 0.600. The Morgan fingerprint density at radius 2 is 0.675 bits per heavy atom. The van der Waals surface area contributed by atoms with Gasteiger partial charge in [0.25, 0.3) is 23.4 Å². The number of hydrogen-bond donors (Lipinski definition) is 20. The first-order valence-electron chi connectivity index (χ1n) is 24.9. The van der Waals surface area contributed by atoms with Gasteiger partial charge in [-0.3, -0.25) is 38.2 Å². The van der Waals surface area contributed by atoms with Crippen molar-refractivity contribution < 1.29 is 126 Å². The summed E-state index contributed by atoms with van der Waals surface area (Å²) in [7, 11) is 0. The molecule has 0 aromatic carbocycles. The maximum Gasteiger partial charge on any atom is 0.328 e. The van der Waals surface area contributed by atoms with Crippen LogP contribution < -0.4 is 22.8 Å². The molecule has 448 valence electrons. The molecular formula is C40H52F4N8O24S4. The zero-order valence-electron chi connectivity index (χ0n) is 45.7. The van der Waals surface area contributed by atoms with E-state index in [1.54, 1.807) is 0 Å². The van der Waals surface area contributed by atoms with Crippen LogP contribution in [0.3, 0.4) is 0 Å². The third-order valence-corrected chi connectivity index (χ3v) is 13.1. The third kappa shape index (κ3) is 13.1. The van der Waals surface area contributed by atoms with E-state index in [2.05, 4.69) is 34.1 Å². The van der Waals surface area contributed by atoms with Gasteiger partial charge < -0.3 is 101 Å². The quantitative estimate of drug-likeness (QED) is 0.0463. The third-order valence-electron chi connectivity index (χ3n) is 11.7. The number of aromatic nitrogens is 8. The van der Waals surface area contributed by atoms with Crippen LogP contribution in [0.2, 0.25) is 0 Å². The molecule has 0 amide bonds. The highest BCUT2D eigenvalue weighted by atomic mass is 32.1. The predicted octanol–water partition coefficient (Wildman–Crippen LogP) is -6.77. The van der Waals surface area contributed by atoms with E-state index >= 15 is 0 Å². The lowest BCUT2D eigenvalue weighted by molar-refractivity contribution is -0.207. The first-order valence-corrected chi connectivity index (χ1v) is 23.5. The predicted molar refractivity (Wildman–Crippen MR) is 259 cm³/mol. The fourth-order valence-electron chi connectivity index (χ4n) is 7.21. The molecule has 0 radical (unpaired) electrons. The van der Waals surface area contributed by atoms with Gasteiger partial charge in [0, 0.05) is 47.0 Å². The average molecular weight is 1240 g/mol. The lowest BCUT2D eigenvalue weighted by atomic mass is 10.1. The molecule has 0 saturated carbocycles. The highest BCUT2D eigenvalue weighted by molar-refractivity contribution is 7.72. The zero-order valence-corrected chi connectivity index (χ0v) is 42.9. The van der Waals surface area contributed by atoms with E-state index in [4.69, 9.17) is 97.6 Å². The smallest absolute Gasteiger partial charge is 0.328 e. The maximum atomic E-state index is 14.5. The molecular weight excluding hydrogens is 1180 g/mol. The summed E-state index contributed by atoms with van der Waals surface area (Å²) in [6, 6.07) is 0. The molecule has 0 spiro atoms. The summed E-state index contributed by atoms with van der Waals surface area (Å²) in [4.78, 5) is 55.8. The van der Waals surface area contributed by atoms with Gasteiger partial charge in [0.15, 0.2) is 24.9 Å². The number of hydrogen-bond acceptors (Lipinski definition) is 28. The number of aromatic amines is 4. The summed E-state index contributed by atoms with van der Waals surface area (Å²) < 4.78 is 121. The highest BCUT2D eigenvalue weighted by Gasteiger charge is 2.59. The summed E-state index contributed by atoms with van der Waals surface area (Å²) in [5, 5.41) is 150. The van der Waals surface area contributed by atoms with Crippen molar-refractivity contribution in [3.05, 3.63) is 108 Å². The number of nitrogens with one attached hydrogen (secondary N) is 4. The van der Waals surface area contributed by atoms with Gasteiger partial charge >= 0.3 is 22.8 Å². The molecule has 32 nitrogen and oxygen atoms in total. The largest absolute Gasteiger partial charge is 0.392 e. The Kier molecular flexibility index (Phi) is 18.8. The molecule has 4 aromatic heterocycles. The number of halogens is 4. The molecule has 0 aliphatic carbocycles. The number of H-pyrrole nitrogens is 4. The number of nitrogens with zero attached hydrogens (tertiary/aromatic N) is 4. The summed E-state index contributed by atoms with van der Waals surface area (Å²) >= 11 is 19.1. The SMILES string of the molecule is O=c1[nH]c(=S)c(CO)cn1[C@@H]1O[C@](F)(CO)[C@@H](O)[C@H]1O.[2H]C([2H])(O)[C@@]1(F)O[C@@H](n2cc(CO)c(=S)[nH]c2=O)[C@H](O)[C@@H]1O.[2H]C([2H])(O)[C@@]1(F)O[C@@]([2H])(n2cc(CO)c(=S)[nH]c2=O)[C@H](O)[C@@H]1O.[2H][C@@]1(n2cc(CO)c(=S)[nH]c2=O)O[C@](F)(CO)[C@@H](O)[C@H]1O. The van der Waals surface area contributed by atoms with E-state index in [0.717, 1.165) is 29.4 Å². The molecule has 0 unspecified atom stereocenters. The summed E-state index contributed by atoms with van der Waals surface area (Å²) in [5.74, 6) is -13.5. The monoisotopic (exact) mass is 1240 g/mol. The van der Waals surface area contributed by atoms with Gasteiger partial charge in [-0.25, -0.2) is 36.7 Å². The molecule has 4 fully saturated rings. The number of alkyl halides is 4. The molecule has 16 atom stereocenters. The molecule has 20 N–H and O–H groups in total. The van der Waals surface area contributed by atoms with Crippen molar-refractivity contribution >= 4 is 48.9 Å². The molecule has 8 heterocycles. The van der Waals surface area contributed by atoms with Crippen molar-refractivity contribution in [2.24, 2.45) is 0 Å². The van der Waals surface area contributed by atoms with Gasteiger partial charge in [0.1, 0.15) is 93.7 Å². The minimum absolute atomic E-state index is 0.00421. The van der Waals surface area contributed by atoms with Crippen molar-refractivity contribution in [1.29, 1.82) is 0 Å². The van der Waals surface area contributed by atoms with Crippen LogP contribution in [0.5, 0.6) is 0 Å². The Bertz CT molecular complexity index is 3640. The van der Waals surface area contributed by atoms with E-state index in [1.807, 2.05) is 0 Å². The summed E-state index contributed by atoms with van der Waals surface area (Å²) in [5.41, 5.74) is -3.74. The molecule has 40 heteroatoms. The number of rotatable bonds is 12. The van der Waals surface area contributed by atoms with Gasteiger partial charge in [-0.2, -0.15) is 0 Å². The van der Waals surface area contributed by atoms with Gasteiger partial charge in [-0.1, -0.05) is 48.9 Å². The van der Waals surface area contributed by atoms with Crippen molar-refractivity contribution in [3.8, 4) is 0 Å². The maximum absolute atomic E-state index is 14.5. The summed E-state index contributed by atoms with van der Waals surface area (Å²) in [6.07, 6.45) is -23.2. The van der Waals surface area contributed by atoms with Crippen LogP contribution >= 0.6 is 48.9 Å². The van der Waals surface area contributed by atoms with Gasteiger partial charge in [-0.05, 0) is 0 Å². The molecule has 4 aliphatic heterocycles.